The third-order valence-corrected chi connectivity index (χ3v) is 6.88. The Balaban J connectivity index is 1.29. The number of anilines is 3. The zero-order valence-electron chi connectivity index (χ0n) is 20.5. The Bertz CT molecular complexity index is 938. The number of piperidine rings is 1. The predicted octanol–water partition coefficient (Wildman–Crippen LogP) is 5.33. The van der Waals surface area contributed by atoms with Crippen LogP contribution in [0.4, 0.5) is 17.6 Å². The van der Waals surface area contributed by atoms with Crippen molar-refractivity contribution < 1.29 is 9.53 Å². The highest BCUT2D eigenvalue weighted by Crippen LogP contribution is 2.41. The molecule has 33 heavy (non-hydrogen) atoms. The number of H-pyrrole nitrogens is 1. The molecule has 4 rings (SSSR count). The van der Waals surface area contributed by atoms with Gasteiger partial charge in [-0.2, -0.15) is 10.1 Å². The summed E-state index contributed by atoms with van der Waals surface area (Å²) in [6, 6.07) is 3.96. The second kappa shape index (κ2) is 9.69. The van der Waals surface area contributed by atoms with Crippen LogP contribution in [0.1, 0.15) is 90.7 Å². The van der Waals surface area contributed by atoms with Crippen molar-refractivity contribution >= 4 is 23.6 Å². The highest BCUT2D eigenvalue weighted by molar-refractivity contribution is 5.69. The molecule has 2 aromatic heterocycles. The molecular weight excluding hydrogens is 416 g/mol. The Morgan fingerprint density at radius 3 is 2.70 bits per heavy atom. The SMILES string of the molecule is CCC1(CCCC(=O)OC(C)(C)C)CCN(c2nccc(Nc3cc(C4CC4)[nH]n3)n2)CC1. The molecule has 1 saturated heterocycles. The highest BCUT2D eigenvalue weighted by atomic mass is 16.6. The molecule has 0 atom stereocenters. The Kier molecular flexibility index (Phi) is 6.91. The molecule has 0 spiro atoms. The van der Waals surface area contributed by atoms with E-state index in [1.807, 2.05) is 33.0 Å². The number of ether oxygens (including phenoxy) is 1. The maximum absolute atomic E-state index is 12.1. The second-order valence-corrected chi connectivity index (χ2v) is 10.6. The number of carbonyl (C=O) groups excluding carboxylic acids is 1. The summed E-state index contributed by atoms with van der Waals surface area (Å²) in [5.41, 5.74) is 1.07. The fourth-order valence-electron chi connectivity index (χ4n) is 4.67. The van der Waals surface area contributed by atoms with E-state index in [2.05, 4.69) is 38.4 Å². The average Bonchev–Trinajstić information content (AvgIpc) is 3.52. The van der Waals surface area contributed by atoms with E-state index < -0.39 is 5.60 Å². The van der Waals surface area contributed by atoms with Gasteiger partial charge in [0.2, 0.25) is 5.95 Å². The zero-order valence-corrected chi connectivity index (χ0v) is 20.5. The lowest BCUT2D eigenvalue weighted by molar-refractivity contribution is -0.155. The Morgan fingerprint density at radius 2 is 2.03 bits per heavy atom. The highest BCUT2D eigenvalue weighted by Gasteiger charge is 2.33. The molecule has 2 N–H and O–H groups in total. The minimum absolute atomic E-state index is 0.0925. The number of hydrogen-bond donors (Lipinski definition) is 2. The van der Waals surface area contributed by atoms with Gasteiger partial charge in [0.1, 0.15) is 11.4 Å². The number of hydrogen-bond acceptors (Lipinski definition) is 7. The molecule has 1 aliphatic heterocycles. The van der Waals surface area contributed by atoms with Gasteiger partial charge >= 0.3 is 5.97 Å². The van der Waals surface area contributed by atoms with E-state index in [9.17, 15) is 4.79 Å². The van der Waals surface area contributed by atoms with Crippen molar-refractivity contribution in [2.75, 3.05) is 23.3 Å². The number of esters is 1. The summed E-state index contributed by atoms with van der Waals surface area (Å²) < 4.78 is 5.46. The average molecular weight is 455 g/mol. The lowest BCUT2D eigenvalue weighted by atomic mass is 9.72. The van der Waals surface area contributed by atoms with Crippen LogP contribution in [0.5, 0.6) is 0 Å². The quantitative estimate of drug-likeness (QED) is 0.494. The predicted molar refractivity (Wildman–Crippen MR) is 130 cm³/mol. The molecule has 2 fully saturated rings. The van der Waals surface area contributed by atoms with Crippen LogP contribution in [0.3, 0.4) is 0 Å². The largest absolute Gasteiger partial charge is 0.460 e. The van der Waals surface area contributed by atoms with E-state index in [1.165, 1.54) is 18.5 Å². The van der Waals surface area contributed by atoms with Gasteiger partial charge in [-0.3, -0.25) is 9.89 Å². The maximum atomic E-state index is 12.1. The van der Waals surface area contributed by atoms with Gasteiger partial charge in [-0.05, 0) is 70.8 Å². The molecule has 8 heteroatoms. The van der Waals surface area contributed by atoms with E-state index in [0.29, 0.717) is 12.3 Å². The van der Waals surface area contributed by atoms with Crippen molar-refractivity contribution in [3.8, 4) is 0 Å². The summed E-state index contributed by atoms with van der Waals surface area (Å²) >= 11 is 0. The fourth-order valence-corrected chi connectivity index (χ4v) is 4.67. The van der Waals surface area contributed by atoms with Gasteiger partial charge in [0.05, 0.1) is 0 Å². The summed E-state index contributed by atoms with van der Waals surface area (Å²) in [6.45, 7) is 9.88. The van der Waals surface area contributed by atoms with Crippen LogP contribution in [-0.2, 0) is 9.53 Å². The molecule has 2 aliphatic rings. The van der Waals surface area contributed by atoms with E-state index >= 15 is 0 Å². The first kappa shape index (κ1) is 23.5. The van der Waals surface area contributed by atoms with Gasteiger partial charge in [0, 0.05) is 43.4 Å². The van der Waals surface area contributed by atoms with E-state index in [-0.39, 0.29) is 11.4 Å². The van der Waals surface area contributed by atoms with Crippen molar-refractivity contribution in [1.29, 1.82) is 0 Å². The van der Waals surface area contributed by atoms with Crippen LogP contribution >= 0.6 is 0 Å². The van der Waals surface area contributed by atoms with Crippen molar-refractivity contribution in [1.82, 2.24) is 20.2 Å². The topological polar surface area (TPSA) is 96.0 Å². The molecule has 1 aliphatic carbocycles. The maximum Gasteiger partial charge on any atom is 0.306 e. The second-order valence-electron chi connectivity index (χ2n) is 10.6. The van der Waals surface area contributed by atoms with Gasteiger partial charge in [0.15, 0.2) is 5.82 Å². The monoisotopic (exact) mass is 454 g/mol. The molecule has 2 aromatic rings. The van der Waals surface area contributed by atoms with Gasteiger partial charge in [0.25, 0.3) is 0 Å². The fraction of sp³-hybridized carbons (Fsp3) is 0.680. The molecule has 1 saturated carbocycles. The molecule has 8 nitrogen and oxygen atoms in total. The van der Waals surface area contributed by atoms with Crippen LogP contribution in [0.15, 0.2) is 18.3 Å². The van der Waals surface area contributed by atoms with Gasteiger partial charge in [-0.25, -0.2) is 4.98 Å². The minimum Gasteiger partial charge on any atom is -0.460 e. The summed E-state index contributed by atoms with van der Waals surface area (Å²) in [5, 5.41) is 10.8. The zero-order chi connectivity index (χ0) is 23.5. The Hall–Kier alpha value is -2.64. The minimum atomic E-state index is -0.412. The van der Waals surface area contributed by atoms with Crippen molar-refractivity contribution in [2.24, 2.45) is 5.41 Å². The summed E-state index contributed by atoms with van der Waals surface area (Å²) in [6.07, 6.45) is 10.0. The van der Waals surface area contributed by atoms with Crippen LogP contribution in [-0.4, -0.2) is 44.8 Å². The Morgan fingerprint density at radius 1 is 1.27 bits per heavy atom. The van der Waals surface area contributed by atoms with Gasteiger partial charge < -0.3 is 15.0 Å². The lowest BCUT2D eigenvalue weighted by Gasteiger charge is -2.41. The van der Waals surface area contributed by atoms with Crippen LogP contribution < -0.4 is 10.2 Å². The molecule has 0 amide bonds. The smallest absolute Gasteiger partial charge is 0.306 e. The van der Waals surface area contributed by atoms with Crippen LogP contribution in [0, 0.1) is 5.41 Å². The molecule has 3 heterocycles. The first-order valence-corrected chi connectivity index (χ1v) is 12.4. The van der Waals surface area contributed by atoms with Crippen molar-refractivity contribution in [3.05, 3.63) is 24.0 Å². The standard InChI is InChI=1S/C25H38N6O2/c1-5-25(11-6-7-22(32)33-24(2,3)4)12-15-31(16-13-25)23-26-14-10-20(28-23)27-21-17-19(29-30-21)18-8-9-18/h10,14,17-18H,5-9,11-13,15-16H2,1-4H3,(H2,26,27,28,29,30). The number of aromatic amines is 1. The summed E-state index contributed by atoms with van der Waals surface area (Å²) in [7, 11) is 0. The van der Waals surface area contributed by atoms with E-state index in [1.54, 1.807) is 0 Å². The summed E-state index contributed by atoms with van der Waals surface area (Å²) in [5.74, 6) is 2.88. The van der Waals surface area contributed by atoms with Crippen LogP contribution in [0.2, 0.25) is 0 Å². The molecule has 0 unspecified atom stereocenters. The Labute approximate surface area is 196 Å². The molecule has 180 valence electrons. The first-order valence-electron chi connectivity index (χ1n) is 12.4. The van der Waals surface area contributed by atoms with Crippen molar-refractivity contribution in [3.63, 3.8) is 0 Å². The molecule has 0 bridgehead atoms. The number of carbonyl (C=O) groups is 1. The normalized spacial score (nSPS) is 18.2. The first-order chi connectivity index (χ1) is 15.8. The number of nitrogens with zero attached hydrogens (tertiary/aromatic N) is 4. The molecular formula is C25H38N6O2. The van der Waals surface area contributed by atoms with E-state index in [0.717, 1.165) is 62.8 Å². The van der Waals surface area contributed by atoms with Crippen LogP contribution in [0.25, 0.3) is 0 Å². The lowest BCUT2D eigenvalue weighted by Crippen LogP contribution is -2.40. The van der Waals surface area contributed by atoms with E-state index in [4.69, 9.17) is 9.72 Å². The number of nitrogens with one attached hydrogen (secondary N) is 2. The number of rotatable bonds is 9. The number of aromatic nitrogens is 4. The molecule has 0 radical (unpaired) electrons. The third-order valence-electron chi connectivity index (χ3n) is 6.88. The molecule has 0 aromatic carbocycles. The summed E-state index contributed by atoms with van der Waals surface area (Å²) in [4.78, 5) is 23.6. The third kappa shape index (κ3) is 6.45. The van der Waals surface area contributed by atoms with Gasteiger partial charge in [-0.1, -0.05) is 13.3 Å². The van der Waals surface area contributed by atoms with Gasteiger partial charge in [-0.15, -0.1) is 0 Å². The van der Waals surface area contributed by atoms with Crippen molar-refractivity contribution in [2.45, 2.75) is 90.6 Å².